The number of carboxylic acids is 1. The molecule has 3 aromatic carbocycles. The van der Waals surface area contributed by atoms with E-state index in [4.69, 9.17) is 4.98 Å². The van der Waals surface area contributed by atoms with E-state index in [-0.39, 0.29) is 29.4 Å². The maximum atomic E-state index is 13.0. The van der Waals surface area contributed by atoms with Crippen LogP contribution in [-0.4, -0.2) is 61.7 Å². The number of thiazole rings is 1. The number of aliphatic hydroxyl groups is 1. The van der Waals surface area contributed by atoms with Gasteiger partial charge in [0.25, 0.3) is 5.91 Å². The van der Waals surface area contributed by atoms with Gasteiger partial charge in [-0.05, 0) is 22.3 Å². The van der Waals surface area contributed by atoms with Crippen LogP contribution in [0, 0.1) is 0 Å². The second-order valence-electron chi connectivity index (χ2n) is 10.2. The van der Waals surface area contributed by atoms with Gasteiger partial charge in [-0.1, -0.05) is 91.0 Å². The van der Waals surface area contributed by atoms with Crippen molar-refractivity contribution < 1.29 is 24.6 Å². The number of hydrogen-bond acceptors (Lipinski definition) is 8. The molecule has 43 heavy (non-hydrogen) atoms. The summed E-state index contributed by atoms with van der Waals surface area (Å²) < 4.78 is 0. The zero-order valence-electron chi connectivity index (χ0n) is 22.8. The normalized spacial score (nSPS) is 18.1. The van der Waals surface area contributed by atoms with E-state index in [1.807, 2.05) is 60.0 Å². The van der Waals surface area contributed by atoms with Crippen LogP contribution in [0.4, 0.5) is 5.13 Å². The van der Waals surface area contributed by atoms with Crippen LogP contribution in [0.2, 0.25) is 0 Å². The van der Waals surface area contributed by atoms with Crippen LogP contribution in [0.15, 0.2) is 108 Å². The minimum absolute atomic E-state index is 0.0438. The molecule has 0 bridgehead atoms. The zero-order chi connectivity index (χ0) is 30.0. The highest BCUT2D eigenvalue weighted by molar-refractivity contribution is 8.00. The summed E-state index contributed by atoms with van der Waals surface area (Å²) >= 11 is 2.71. The first kappa shape index (κ1) is 28.7. The van der Waals surface area contributed by atoms with Crippen molar-refractivity contribution in [1.82, 2.24) is 15.2 Å². The average molecular weight is 613 g/mol. The summed E-state index contributed by atoms with van der Waals surface area (Å²) in [5, 5.41) is 27.4. The Balaban J connectivity index is 1.22. The first-order valence-corrected chi connectivity index (χ1v) is 15.5. The number of fused-ring (bicyclic) bond motifs is 1. The Bertz CT molecular complexity index is 1580. The molecule has 2 atom stereocenters. The van der Waals surface area contributed by atoms with Crippen LogP contribution in [0.1, 0.15) is 22.4 Å². The predicted molar refractivity (Wildman–Crippen MR) is 165 cm³/mol. The maximum Gasteiger partial charge on any atom is 0.352 e. The van der Waals surface area contributed by atoms with E-state index in [9.17, 15) is 24.6 Å². The first-order chi connectivity index (χ1) is 20.9. The molecule has 2 amide bonds. The number of amides is 2. The second kappa shape index (κ2) is 12.0. The molecule has 0 spiro atoms. The topological polar surface area (TPSA) is 132 Å². The van der Waals surface area contributed by atoms with Gasteiger partial charge in [0.15, 0.2) is 5.13 Å². The number of aliphatic carboxylic acids is 1. The molecule has 6 rings (SSSR count). The molecule has 0 radical (unpaired) electrons. The summed E-state index contributed by atoms with van der Waals surface area (Å²) in [6, 6.07) is 29.6. The van der Waals surface area contributed by atoms with Crippen LogP contribution < -0.4 is 10.6 Å². The molecule has 1 aromatic heterocycles. The molecule has 3 heterocycles. The van der Waals surface area contributed by atoms with E-state index >= 15 is 0 Å². The van der Waals surface area contributed by atoms with Gasteiger partial charge < -0.3 is 20.8 Å². The van der Waals surface area contributed by atoms with E-state index in [1.54, 1.807) is 0 Å². The lowest BCUT2D eigenvalue weighted by molar-refractivity contribution is -0.150. The molecular weight excluding hydrogens is 585 g/mol. The number of aliphatic hydroxyl groups excluding tert-OH is 1. The van der Waals surface area contributed by atoms with Crippen molar-refractivity contribution in [2.24, 2.45) is 0 Å². The lowest BCUT2D eigenvalue weighted by Gasteiger charge is -2.49. The number of aromatic nitrogens is 1. The van der Waals surface area contributed by atoms with Crippen LogP contribution >= 0.6 is 23.1 Å². The molecule has 0 aliphatic carbocycles. The number of carboxylic acid groups (broad SMARTS) is 1. The predicted octanol–water partition coefficient (Wildman–Crippen LogP) is 3.82. The molecule has 9 nitrogen and oxygen atoms in total. The Kier molecular flexibility index (Phi) is 8.02. The monoisotopic (exact) mass is 612 g/mol. The van der Waals surface area contributed by atoms with Gasteiger partial charge in [0.2, 0.25) is 5.91 Å². The van der Waals surface area contributed by atoms with Crippen LogP contribution in [-0.2, 0) is 26.3 Å². The summed E-state index contributed by atoms with van der Waals surface area (Å²) in [7, 11) is 0. The molecule has 11 heteroatoms. The van der Waals surface area contributed by atoms with E-state index in [1.165, 1.54) is 23.1 Å². The van der Waals surface area contributed by atoms with Gasteiger partial charge in [-0.2, -0.15) is 0 Å². The third-order valence-electron chi connectivity index (χ3n) is 7.57. The van der Waals surface area contributed by atoms with E-state index < -0.39 is 35.4 Å². The van der Waals surface area contributed by atoms with Gasteiger partial charge in [-0.15, -0.1) is 23.1 Å². The summed E-state index contributed by atoms with van der Waals surface area (Å²) in [6.45, 7) is -0.442. The van der Waals surface area contributed by atoms with E-state index in [2.05, 4.69) is 47.0 Å². The third kappa shape index (κ3) is 5.31. The van der Waals surface area contributed by atoms with Crippen molar-refractivity contribution in [1.29, 1.82) is 0 Å². The Morgan fingerprint density at radius 1 is 0.930 bits per heavy atom. The average Bonchev–Trinajstić information content (AvgIpc) is 3.49. The quantitative estimate of drug-likeness (QED) is 0.157. The number of anilines is 1. The summed E-state index contributed by atoms with van der Waals surface area (Å²) in [5.41, 5.74) is 2.95. The molecule has 2 aliphatic rings. The fraction of sp³-hybridized carbons (Fsp3) is 0.188. The number of hydrogen-bond donors (Lipinski definition) is 4. The SMILES string of the molecule is O=C(Cc1csc(NC(c2ccccc2)(c2ccccc2)c2ccccc2)n1)N[C@@H]1C(=O)N2C(C(=O)O)=C(CO)CS[C@H]12. The number of nitrogens with one attached hydrogen (secondary N) is 2. The molecule has 1 saturated heterocycles. The molecule has 4 N–H and O–H groups in total. The van der Waals surface area contributed by atoms with Crippen molar-refractivity contribution in [3.8, 4) is 0 Å². The number of β-lactam (4-membered cyclic amide) rings is 1. The fourth-order valence-corrected chi connectivity index (χ4v) is 7.68. The number of rotatable bonds is 10. The minimum Gasteiger partial charge on any atom is -0.477 e. The minimum atomic E-state index is -1.27. The van der Waals surface area contributed by atoms with Crippen molar-refractivity contribution >= 4 is 46.0 Å². The van der Waals surface area contributed by atoms with E-state index in [0.29, 0.717) is 10.8 Å². The Labute approximate surface area is 256 Å². The highest BCUT2D eigenvalue weighted by Crippen LogP contribution is 2.41. The molecule has 0 saturated carbocycles. The number of carbonyl (C=O) groups excluding carboxylic acids is 2. The summed E-state index contributed by atoms with van der Waals surface area (Å²) in [6.07, 6.45) is -0.0438. The van der Waals surface area contributed by atoms with Crippen molar-refractivity contribution in [3.63, 3.8) is 0 Å². The highest BCUT2D eigenvalue weighted by atomic mass is 32.2. The van der Waals surface area contributed by atoms with Crippen LogP contribution in [0.5, 0.6) is 0 Å². The standard InChI is InChI=1S/C32H28N4O5S2/c37-17-20-18-42-29-26(28(39)36(29)27(20)30(40)41)34-25(38)16-24-19-43-31(33-24)35-32(21-10-4-1-5-11-21,22-12-6-2-7-13-22)23-14-8-3-9-15-23/h1-15,19,26,29,37H,16-18H2,(H,33,35)(H,34,38)(H,40,41)/t26-,29-/m1/s1. The van der Waals surface area contributed by atoms with E-state index in [0.717, 1.165) is 21.6 Å². The molecular formula is C32H28N4O5S2. The molecule has 2 aliphatic heterocycles. The van der Waals surface area contributed by atoms with Crippen LogP contribution in [0.25, 0.3) is 0 Å². The molecule has 0 unspecified atom stereocenters. The highest BCUT2D eigenvalue weighted by Gasteiger charge is 2.54. The largest absolute Gasteiger partial charge is 0.477 e. The number of nitrogens with zero attached hydrogens (tertiary/aromatic N) is 2. The zero-order valence-corrected chi connectivity index (χ0v) is 24.5. The first-order valence-electron chi connectivity index (χ1n) is 13.6. The van der Waals surface area contributed by atoms with Gasteiger partial charge in [-0.3, -0.25) is 14.5 Å². The van der Waals surface area contributed by atoms with Gasteiger partial charge in [-0.25, -0.2) is 9.78 Å². The molecule has 4 aromatic rings. The Morgan fingerprint density at radius 3 is 2.00 bits per heavy atom. The Morgan fingerprint density at radius 2 is 1.49 bits per heavy atom. The third-order valence-corrected chi connectivity index (χ3v) is 9.71. The Hall–Kier alpha value is -4.45. The molecule has 218 valence electrons. The smallest absolute Gasteiger partial charge is 0.352 e. The lowest BCUT2D eigenvalue weighted by atomic mass is 9.77. The summed E-state index contributed by atoms with van der Waals surface area (Å²) in [5.74, 6) is -1.89. The van der Waals surface area contributed by atoms with Crippen molar-refractivity contribution in [3.05, 3.63) is 130 Å². The van der Waals surface area contributed by atoms with Gasteiger partial charge >= 0.3 is 5.97 Å². The van der Waals surface area contributed by atoms with Crippen molar-refractivity contribution in [2.45, 2.75) is 23.4 Å². The maximum absolute atomic E-state index is 13.0. The molecule has 1 fully saturated rings. The van der Waals surface area contributed by atoms with Crippen molar-refractivity contribution in [2.75, 3.05) is 17.7 Å². The van der Waals surface area contributed by atoms with Crippen LogP contribution in [0.3, 0.4) is 0 Å². The number of thioether (sulfide) groups is 1. The lowest BCUT2D eigenvalue weighted by Crippen LogP contribution is -2.70. The summed E-state index contributed by atoms with van der Waals surface area (Å²) in [4.78, 5) is 43.5. The second-order valence-corrected chi connectivity index (χ2v) is 12.1. The number of benzene rings is 3. The number of carbonyl (C=O) groups is 3. The van der Waals surface area contributed by atoms with Gasteiger partial charge in [0, 0.05) is 11.1 Å². The van der Waals surface area contributed by atoms with Gasteiger partial charge in [0.1, 0.15) is 22.7 Å². The van der Waals surface area contributed by atoms with Gasteiger partial charge in [0.05, 0.1) is 18.7 Å². The fourth-order valence-electron chi connectivity index (χ4n) is 5.58.